The van der Waals surface area contributed by atoms with Crippen molar-refractivity contribution in [2.24, 2.45) is 4.99 Å². The maximum atomic E-state index is 11.9. The molecule has 0 saturated heterocycles. The first kappa shape index (κ1) is 23.3. The predicted molar refractivity (Wildman–Crippen MR) is 127 cm³/mol. The molecule has 2 aromatic heterocycles. The minimum atomic E-state index is -1.09. The van der Waals surface area contributed by atoms with Crippen LogP contribution < -0.4 is 16.2 Å². The van der Waals surface area contributed by atoms with Crippen LogP contribution in [0.15, 0.2) is 68.9 Å². The zero-order chi connectivity index (χ0) is 23.1. The second-order valence-electron chi connectivity index (χ2n) is 8.13. The van der Waals surface area contributed by atoms with E-state index >= 15 is 0 Å². The number of benzene rings is 1. The van der Waals surface area contributed by atoms with Gasteiger partial charge in [-0.2, -0.15) is 0 Å². The van der Waals surface area contributed by atoms with Crippen molar-refractivity contribution in [3.63, 3.8) is 0 Å². The molecular formula is C25H32N4O3. The van der Waals surface area contributed by atoms with Gasteiger partial charge in [0.05, 0.1) is 19.6 Å². The lowest BCUT2D eigenvalue weighted by Crippen LogP contribution is -2.44. The molecule has 3 N–H and O–H groups in total. The van der Waals surface area contributed by atoms with Crippen molar-refractivity contribution >= 4 is 5.96 Å². The summed E-state index contributed by atoms with van der Waals surface area (Å²) in [7, 11) is 0. The molecule has 32 heavy (non-hydrogen) atoms. The molecule has 3 rings (SSSR count). The molecule has 1 aromatic carbocycles. The zero-order valence-electron chi connectivity index (χ0n) is 19.2. The summed E-state index contributed by atoms with van der Waals surface area (Å²) in [6, 6.07) is 15.1. The summed E-state index contributed by atoms with van der Waals surface area (Å²) in [5, 5.41) is 17.4. The highest BCUT2D eigenvalue weighted by atomic mass is 16.3. The Morgan fingerprint density at radius 2 is 1.84 bits per heavy atom. The summed E-state index contributed by atoms with van der Waals surface area (Å²) >= 11 is 0. The van der Waals surface area contributed by atoms with E-state index in [-0.39, 0.29) is 5.56 Å². The molecule has 0 aliphatic rings. The van der Waals surface area contributed by atoms with E-state index in [2.05, 4.69) is 15.6 Å². The van der Waals surface area contributed by atoms with E-state index in [9.17, 15) is 9.90 Å². The van der Waals surface area contributed by atoms with E-state index in [1.54, 1.807) is 29.8 Å². The number of nitrogens with one attached hydrogen (secondary N) is 2. The quantitative estimate of drug-likeness (QED) is 0.373. The molecule has 2 heterocycles. The van der Waals surface area contributed by atoms with Gasteiger partial charge in [0.2, 0.25) is 0 Å². The van der Waals surface area contributed by atoms with Gasteiger partial charge in [-0.15, -0.1) is 0 Å². The largest absolute Gasteiger partial charge is 0.466 e. The lowest BCUT2D eigenvalue weighted by Gasteiger charge is -2.24. The molecule has 0 saturated carbocycles. The van der Waals surface area contributed by atoms with Crippen LogP contribution in [0.2, 0.25) is 0 Å². The van der Waals surface area contributed by atoms with E-state index in [1.165, 1.54) is 0 Å². The summed E-state index contributed by atoms with van der Waals surface area (Å²) in [4.78, 5) is 16.5. The highest BCUT2D eigenvalue weighted by Gasteiger charge is 2.27. The Bertz CT molecular complexity index is 1110. The van der Waals surface area contributed by atoms with Crippen LogP contribution >= 0.6 is 0 Å². The van der Waals surface area contributed by atoms with Crippen molar-refractivity contribution in [2.45, 2.75) is 46.4 Å². The van der Waals surface area contributed by atoms with Crippen molar-refractivity contribution in [3.8, 4) is 0 Å². The molecule has 0 aliphatic carbocycles. The Balaban J connectivity index is 1.62. The van der Waals surface area contributed by atoms with Gasteiger partial charge in [-0.1, -0.05) is 30.3 Å². The maximum absolute atomic E-state index is 11.9. The summed E-state index contributed by atoms with van der Waals surface area (Å²) in [5.74, 6) is 2.12. The molecular weight excluding hydrogens is 404 g/mol. The van der Waals surface area contributed by atoms with Crippen molar-refractivity contribution < 1.29 is 9.52 Å². The van der Waals surface area contributed by atoms with Crippen LogP contribution in [0.4, 0.5) is 0 Å². The number of guanidine groups is 1. The van der Waals surface area contributed by atoms with E-state index in [1.807, 2.05) is 57.2 Å². The van der Waals surface area contributed by atoms with Gasteiger partial charge in [0, 0.05) is 24.4 Å². The normalized spacial score (nSPS) is 13.6. The third-order valence-electron chi connectivity index (χ3n) is 5.26. The predicted octanol–water partition coefficient (Wildman–Crippen LogP) is 3.07. The Morgan fingerprint density at radius 1 is 1.12 bits per heavy atom. The fraction of sp³-hybridized carbons (Fsp3) is 0.360. The molecule has 0 aliphatic heterocycles. The number of pyridine rings is 1. The van der Waals surface area contributed by atoms with Crippen LogP contribution in [0, 0.1) is 13.8 Å². The summed E-state index contributed by atoms with van der Waals surface area (Å²) < 4.78 is 7.24. The van der Waals surface area contributed by atoms with Gasteiger partial charge in [0.25, 0.3) is 5.56 Å². The SMILES string of the molecule is CCNC(=NCc1ccc(Cn2ccccc2=O)cc1)NCC(C)(O)c1cc(C)oc1C. The molecule has 0 radical (unpaired) electrons. The fourth-order valence-electron chi connectivity index (χ4n) is 3.57. The fourth-order valence-corrected chi connectivity index (χ4v) is 3.57. The second kappa shape index (κ2) is 10.3. The first-order chi connectivity index (χ1) is 15.3. The summed E-state index contributed by atoms with van der Waals surface area (Å²) in [5.41, 5.74) is 1.78. The van der Waals surface area contributed by atoms with Gasteiger partial charge >= 0.3 is 0 Å². The average molecular weight is 437 g/mol. The minimum Gasteiger partial charge on any atom is -0.466 e. The van der Waals surface area contributed by atoms with E-state index in [4.69, 9.17) is 4.42 Å². The number of aryl methyl sites for hydroxylation is 2. The van der Waals surface area contributed by atoms with Crippen molar-refractivity contribution in [2.75, 3.05) is 13.1 Å². The van der Waals surface area contributed by atoms with Crippen LogP contribution in [-0.2, 0) is 18.7 Å². The molecule has 0 fully saturated rings. The van der Waals surface area contributed by atoms with Crippen molar-refractivity contribution in [1.82, 2.24) is 15.2 Å². The number of nitrogens with zero attached hydrogens (tertiary/aromatic N) is 2. The van der Waals surface area contributed by atoms with Gasteiger partial charge in [-0.05, 0) is 51.0 Å². The van der Waals surface area contributed by atoms with Crippen LogP contribution in [0.1, 0.15) is 42.1 Å². The number of rotatable bonds is 8. The first-order valence-electron chi connectivity index (χ1n) is 10.8. The van der Waals surface area contributed by atoms with Crippen molar-refractivity contribution in [1.29, 1.82) is 0 Å². The van der Waals surface area contributed by atoms with Crippen LogP contribution in [0.3, 0.4) is 0 Å². The number of aromatic nitrogens is 1. The molecule has 1 unspecified atom stereocenters. The molecule has 0 amide bonds. The first-order valence-corrected chi connectivity index (χ1v) is 10.8. The summed E-state index contributed by atoms with van der Waals surface area (Å²) in [6.07, 6.45) is 1.79. The molecule has 7 heteroatoms. The number of aliphatic hydroxyl groups is 1. The smallest absolute Gasteiger partial charge is 0.250 e. The average Bonchev–Trinajstić information content (AvgIpc) is 3.12. The van der Waals surface area contributed by atoms with Gasteiger partial charge in [0.15, 0.2) is 5.96 Å². The zero-order valence-corrected chi connectivity index (χ0v) is 19.2. The molecule has 0 bridgehead atoms. The van der Waals surface area contributed by atoms with Gasteiger partial charge in [0.1, 0.15) is 17.1 Å². The Kier molecular flexibility index (Phi) is 7.53. The highest BCUT2D eigenvalue weighted by Crippen LogP contribution is 2.26. The Labute approximate surface area is 188 Å². The second-order valence-corrected chi connectivity index (χ2v) is 8.13. The monoisotopic (exact) mass is 436 g/mol. The minimum absolute atomic E-state index is 0.0146. The molecule has 0 spiro atoms. The third-order valence-corrected chi connectivity index (χ3v) is 5.26. The van der Waals surface area contributed by atoms with Gasteiger partial charge < -0.3 is 24.7 Å². The molecule has 1 atom stereocenters. The molecule has 3 aromatic rings. The van der Waals surface area contributed by atoms with E-state index in [0.29, 0.717) is 37.9 Å². The highest BCUT2D eigenvalue weighted by molar-refractivity contribution is 5.79. The van der Waals surface area contributed by atoms with Gasteiger partial charge in [-0.25, -0.2) is 4.99 Å². The Hall–Kier alpha value is -3.32. The molecule has 7 nitrogen and oxygen atoms in total. The van der Waals surface area contributed by atoms with Crippen LogP contribution in [0.25, 0.3) is 0 Å². The van der Waals surface area contributed by atoms with E-state index in [0.717, 1.165) is 22.5 Å². The number of hydrogen-bond donors (Lipinski definition) is 3. The van der Waals surface area contributed by atoms with E-state index < -0.39 is 5.60 Å². The standard InChI is InChI=1S/C25H32N4O3/c1-5-26-24(28-17-25(4,31)22-14-18(2)32-19(22)3)27-15-20-9-11-21(12-10-20)16-29-13-7-6-8-23(29)30/h6-14,31H,5,15-17H2,1-4H3,(H2,26,27,28). The third kappa shape index (κ3) is 6.11. The van der Waals surface area contributed by atoms with Gasteiger partial charge in [-0.3, -0.25) is 4.79 Å². The molecule has 170 valence electrons. The lowest BCUT2D eigenvalue weighted by atomic mass is 9.96. The van der Waals surface area contributed by atoms with Crippen LogP contribution in [0.5, 0.6) is 0 Å². The number of furan rings is 1. The Morgan fingerprint density at radius 3 is 2.47 bits per heavy atom. The topological polar surface area (TPSA) is 91.8 Å². The maximum Gasteiger partial charge on any atom is 0.250 e. The summed E-state index contributed by atoms with van der Waals surface area (Å²) in [6.45, 7) is 9.52. The van der Waals surface area contributed by atoms with Crippen LogP contribution in [-0.4, -0.2) is 28.7 Å². The lowest BCUT2D eigenvalue weighted by molar-refractivity contribution is 0.0601. The van der Waals surface area contributed by atoms with Crippen molar-refractivity contribution in [3.05, 3.63) is 93.3 Å². The number of hydrogen-bond acceptors (Lipinski definition) is 4. The number of aliphatic imine (C=N–C) groups is 1.